The van der Waals surface area contributed by atoms with Gasteiger partial charge in [-0.05, 0) is 12.3 Å². The molecule has 2 aromatic heterocycles. The van der Waals surface area contributed by atoms with Gasteiger partial charge in [0.25, 0.3) is 0 Å². The van der Waals surface area contributed by atoms with E-state index in [1.807, 2.05) is 17.7 Å². The molecular weight excluding hydrogens is 228 g/mol. The lowest BCUT2D eigenvalue weighted by molar-refractivity contribution is 0.190. The highest BCUT2D eigenvalue weighted by Crippen LogP contribution is 2.22. The lowest BCUT2D eigenvalue weighted by atomic mass is 9.99. The van der Waals surface area contributed by atoms with Crippen molar-refractivity contribution in [2.24, 2.45) is 5.41 Å². The normalized spacial score (nSPS) is 11.6. The highest BCUT2D eigenvalue weighted by Gasteiger charge is 2.14. The monoisotopic (exact) mass is 246 g/mol. The fraction of sp³-hybridized carbons (Fsp3) is 0.462. The molecule has 5 nitrogen and oxygen atoms in total. The zero-order chi connectivity index (χ0) is 13.2. The minimum Gasteiger partial charge on any atom is -0.477 e. The fourth-order valence-electron chi connectivity index (χ4n) is 1.50. The molecule has 0 aliphatic rings. The van der Waals surface area contributed by atoms with Crippen molar-refractivity contribution < 1.29 is 4.74 Å². The molecule has 0 saturated carbocycles. The largest absolute Gasteiger partial charge is 0.477 e. The van der Waals surface area contributed by atoms with E-state index in [0.717, 1.165) is 11.4 Å². The molecule has 0 bridgehead atoms. The van der Waals surface area contributed by atoms with Gasteiger partial charge >= 0.3 is 0 Å². The Morgan fingerprint density at radius 3 is 2.67 bits per heavy atom. The van der Waals surface area contributed by atoms with Crippen LogP contribution < -0.4 is 4.74 Å². The summed E-state index contributed by atoms with van der Waals surface area (Å²) in [6, 6.07) is 0. The van der Waals surface area contributed by atoms with Crippen molar-refractivity contribution in [2.75, 3.05) is 6.61 Å². The van der Waals surface area contributed by atoms with Gasteiger partial charge in [-0.25, -0.2) is 15.0 Å². The van der Waals surface area contributed by atoms with Crippen molar-refractivity contribution in [2.45, 2.75) is 27.7 Å². The van der Waals surface area contributed by atoms with Gasteiger partial charge in [0, 0.05) is 12.4 Å². The third-order valence-corrected chi connectivity index (χ3v) is 2.40. The maximum atomic E-state index is 5.76. The van der Waals surface area contributed by atoms with Gasteiger partial charge < -0.3 is 4.74 Å². The summed E-state index contributed by atoms with van der Waals surface area (Å²) in [5.41, 5.74) is 1.02. The van der Waals surface area contributed by atoms with Crippen LogP contribution in [0.3, 0.4) is 0 Å². The summed E-state index contributed by atoms with van der Waals surface area (Å²) < 4.78 is 7.60. The number of aromatic nitrogens is 4. The number of imidazole rings is 1. The van der Waals surface area contributed by atoms with Gasteiger partial charge in [-0.2, -0.15) is 0 Å². The molecule has 0 fully saturated rings. The van der Waals surface area contributed by atoms with E-state index < -0.39 is 0 Å². The third-order valence-electron chi connectivity index (χ3n) is 2.40. The number of hydrogen-bond donors (Lipinski definition) is 0. The van der Waals surface area contributed by atoms with Crippen LogP contribution in [0.1, 0.15) is 26.3 Å². The molecule has 0 atom stereocenters. The molecule has 2 aromatic rings. The average molecular weight is 246 g/mol. The summed E-state index contributed by atoms with van der Waals surface area (Å²) in [6.45, 7) is 8.95. The quantitative estimate of drug-likeness (QED) is 0.834. The van der Waals surface area contributed by atoms with Crippen LogP contribution in [-0.4, -0.2) is 26.1 Å². The number of ether oxygens (including phenoxy) is 1. The molecule has 5 heteroatoms. The molecular formula is C13H18N4O. The Morgan fingerprint density at radius 2 is 2.06 bits per heavy atom. The predicted octanol–water partition coefficient (Wildman–Crippen LogP) is 2.40. The molecule has 0 spiro atoms. The van der Waals surface area contributed by atoms with E-state index >= 15 is 0 Å². The lowest BCUT2D eigenvalue weighted by Gasteiger charge is -2.19. The van der Waals surface area contributed by atoms with Crippen molar-refractivity contribution in [1.29, 1.82) is 0 Å². The highest BCUT2D eigenvalue weighted by molar-refractivity contribution is 5.38. The Balaban J connectivity index is 2.25. The van der Waals surface area contributed by atoms with Gasteiger partial charge in [-0.1, -0.05) is 20.8 Å². The Morgan fingerprint density at radius 1 is 1.28 bits per heavy atom. The van der Waals surface area contributed by atoms with Gasteiger partial charge in [-0.15, -0.1) is 0 Å². The van der Waals surface area contributed by atoms with Crippen LogP contribution >= 0.6 is 0 Å². The van der Waals surface area contributed by atoms with Crippen molar-refractivity contribution in [3.05, 3.63) is 30.6 Å². The van der Waals surface area contributed by atoms with Gasteiger partial charge in [0.05, 0.1) is 12.2 Å². The molecule has 0 aliphatic carbocycles. The lowest BCUT2D eigenvalue weighted by Crippen LogP contribution is -2.18. The summed E-state index contributed by atoms with van der Waals surface area (Å²) in [4.78, 5) is 12.5. The molecule has 0 radical (unpaired) electrons. The number of rotatable bonds is 3. The van der Waals surface area contributed by atoms with Crippen LogP contribution in [0.25, 0.3) is 5.82 Å². The molecule has 0 aliphatic heterocycles. The second-order valence-electron chi connectivity index (χ2n) is 5.45. The van der Waals surface area contributed by atoms with Crippen molar-refractivity contribution in [1.82, 2.24) is 19.5 Å². The van der Waals surface area contributed by atoms with E-state index in [-0.39, 0.29) is 5.41 Å². The van der Waals surface area contributed by atoms with Gasteiger partial charge in [0.1, 0.15) is 18.5 Å². The van der Waals surface area contributed by atoms with E-state index in [4.69, 9.17) is 4.74 Å². The van der Waals surface area contributed by atoms with Gasteiger partial charge in [-0.3, -0.25) is 4.57 Å². The highest BCUT2D eigenvalue weighted by atomic mass is 16.5. The molecule has 0 N–H and O–H groups in total. The van der Waals surface area contributed by atoms with Gasteiger partial charge in [0.2, 0.25) is 5.88 Å². The summed E-state index contributed by atoms with van der Waals surface area (Å²) in [6.07, 6.45) is 6.79. The zero-order valence-electron chi connectivity index (χ0n) is 11.2. The van der Waals surface area contributed by atoms with Crippen molar-refractivity contribution >= 4 is 0 Å². The first kappa shape index (κ1) is 12.5. The Kier molecular flexibility index (Phi) is 3.32. The topological polar surface area (TPSA) is 52.8 Å². The SMILES string of the molecule is Cc1c(OCC(C)(C)C)ncnc1-n1ccnc1. The molecule has 2 rings (SSSR count). The average Bonchev–Trinajstić information content (AvgIpc) is 2.80. The van der Waals surface area contributed by atoms with Crippen LogP contribution in [0, 0.1) is 12.3 Å². The minimum atomic E-state index is 0.104. The summed E-state index contributed by atoms with van der Waals surface area (Å²) in [7, 11) is 0. The first-order chi connectivity index (χ1) is 8.47. The van der Waals surface area contributed by atoms with E-state index in [1.54, 1.807) is 12.5 Å². The molecule has 2 heterocycles. The molecule has 0 aromatic carbocycles. The molecule has 18 heavy (non-hydrogen) atoms. The van der Waals surface area contributed by atoms with Crippen LogP contribution in [0.15, 0.2) is 25.0 Å². The van der Waals surface area contributed by atoms with E-state index in [1.165, 1.54) is 6.33 Å². The summed E-state index contributed by atoms with van der Waals surface area (Å²) in [5.74, 6) is 1.43. The molecule has 0 unspecified atom stereocenters. The smallest absolute Gasteiger partial charge is 0.221 e. The number of hydrogen-bond acceptors (Lipinski definition) is 4. The van der Waals surface area contributed by atoms with Crippen molar-refractivity contribution in [3.8, 4) is 11.7 Å². The predicted molar refractivity (Wildman–Crippen MR) is 68.8 cm³/mol. The Bertz CT molecular complexity index is 514. The zero-order valence-corrected chi connectivity index (χ0v) is 11.2. The summed E-state index contributed by atoms with van der Waals surface area (Å²) in [5, 5.41) is 0. The number of nitrogens with zero attached hydrogens (tertiary/aromatic N) is 4. The Hall–Kier alpha value is -1.91. The first-order valence-corrected chi connectivity index (χ1v) is 5.90. The van der Waals surface area contributed by atoms with E-state index in [2.05, 4.69) is 35.7 Å². The third kappa shape index (κ3) is 2.85. The molecule has 0 amide bonds. The molecule has 0 saturated heterocycles. The summed E-state index contributed by atoms with van der Waals surface area (Å²) >= 11 is 0. The molecule has 96 valence electrons. The van der Waals surface area contributed by atoms with Crippen LogP contribution in [0.5, 0.6) is 5.88 Å². The first-order valence-electron chi connectivity index (χ1n) is 5.90. The van der Waals surface area contributed by atoms with Crippen LogP contribution in [0.4, 0.5) is 0 Å². The van der Waals surface area contributed by atoms with Gasteiger partial charge in [0.15, 0.2) is 0 Å². The van der Waals surface area contributed by atoms with E-state index in [9.17, 15) is 0 Å². The second kappa shape index (κ2) is 4.76. The van der Waals surface area contributed by atoms with Crippen molar-refractivity contribution in [3.63, 3.8) is 0 Å². The minimum absolute atomic E-state index is 0.104. The second-order valence-corrected chi connectivity index (χ2v) is 5.45. The maximum Gasteiger partial charge on any atom is 0.221 e. The van der Waals surface area contributed by atoms with E-state index in [0.29, 0.717) is 12.5 Å². The Labute approximate surface area is 107 Å². The fourth-order valence-corrected chi connectivity index (χ4v) is 1.50. The van der Waals surface area contributed by atoms with Crippen LogP contribution in [-0.2, 0) is 0 Å². The maximum absolute atomic E-state index is 5.76. The standard InChI is InChI=1S/C13H18N4O/c1-10-11(17-6-5-14-9-17)15-8-16-12(10)18-7-13(2,3)4/h5-6,8-9H,7H2,1-4H3. The van der Waals surface area contributed by atoms with Crippen LogP contribution in [0.2, 0.25) is 0 Å².